The van der Waals surface area contributed by atoms with Gasteiger partial charge in [0, 0.05) is 6.08 Å². The quantitative estimate of drug-likeness (QED) is 0.422. The van der Waals surface area contributed by atoms with Crippen LogP contribution in [0, 0.1) is 17.8 Å². The van der Waals surface area contributed by atoms with Crippen LogP contribution in [0.25, 0.3) is 6.08 Å². The molecule has 3 unspecified atom stereocenters. The lowest BCUT2D eigenvalue weighted by Crippen LogP contribution is -2.15. The van der Waals surface area contributed by atoms with Crippen molar-refractivity contribution in [1.82, 2.24) is 0 Å². The Labute approximate surface area is 139 Å². The molecule has 0 spiro atoms. The van der Waals surface area contributed by atoms with E-state index in [-0.39, 0.29) is 5.97 Å². The molecule has 0 bridgehead atoms. The Bertz CT molecular complexity index is 545. The molecule has 1 aromatic rings. The zero-order valence-electron chi connectivity index (χ0n) is 14.0. The van der Waals surface area contributed by atoms with Gasteiger partial charge in [-0.25, -0.2) is 4.79 Å². The number of carbonyl (C=O) groups is 1. The molecule has 0 heterocycles. The van der Waals surface area contributed by atoms with Crippen LogP contribution in [0.3, 0.4) is 0 Å². The fourth-order valence-corrected chi connectivity index (χ4v) is 3.17. The van der Waals surface area contributed by atoms with Gasteiger partial charge in [0.2, 0.25) is 0 Å². The van der Waals surface area contributed by atoms with Gasteiger partial charge < -0.3 is 9.47 Å². The predicted octanol–water partition coefficient (Wildman–Crippen LogP) is 4.49. The average molecular weight is 314 g/mol. The van der Waals surface area contributed by atoms with Gasteiger partial charge in [-0.15, -0.1) is 6.58 Å². The Morgan fingerprint density at radius 3 is 2.70 bits per heavy atom. The monoisotopic (exact) mass is 314 g/mol. The molecule has 0 saturated heterocycles. The molecule has 2 rings (SSSR count). The predicted molar refractivity (Wildman–Crippen MR) is 93.2 cm³/mol. The van der Waals surface area contributed by atoms with Gasteiger partial charge in [0.05, 0.1) is 13.2 Å². The number of carbonyl (C=O) groups excluding carboxylic acids is 1. The summed E-state index contributed by atoms with van der Waals surface area (Å²) in [6, 6.07) is 7.62. The largest absolute Gasteiger partial charge is 0.494 e. The molecule has 1 fully saturated rings. The zero-order chi connectivity index (χ0) is 16.7. The number of rotatable bonds is 7. The van der Waals surface area contributed by atoms with Crippen molar-refractivity contribution >= 4 is 12.0 Å². The van der Waals surface area contributed by atoms with Gasteiger partial charge in [0.15, 0.2) is 0 Å². The highest BCUT2D eigenvalue weighted by atomic mass is 16.5. The van der Waals surface area contributed by atoms with E-state index in [1.807, 2.05) is 37.3 Å². The maximum Gasteiger partial charge on any atom is 0.330 e. The number of hydrogen-bond donors (Lipinski definition) is 0. The van der Waals surface area contributed by atoms with Gasteiger partial charge in [0.1, 0.15) is 5.75 Å². The van der Waals surface area contributed by atoms with E-state index in [2.05, 4.69) is 13.5 Å². The van der Waals surface area contributed by atoms with Crippen LogP contribution in [-0.4, -0.2) is 19.2 Å². The van der Waals surface area contributed by atoms with Crippen LogP contribution < -0.4 is 4.74 Å². The normalized spacial score (nSPS) is 23.8. The van der Waals surface area contributed by atoms with Crippen LogP contribution in [0.4, 0.5) is 0 Å². The number of ether oxygens (including phenoxy) is 2. The third kappa shape index (κ3) is 5.27. The molecule has 0 amide bonds. The lowest BCUT2D eigenvalue weighted by molar-refractivity contribution is -0.139. The highest BCUT2D eigenvalue weighted by molar-refractivity contribution is 5.87. The fraction of sp³-hybridized carbons (Fsp3) is 0.450. The van der Waals surface area contributed by atoms with Crippen LogP contribution in [-0.2, 0) is 9.53 Å². The van der Waals surface area contributed by atoms with Gasteiger partial charge >= 0.3 is 5.97 Å². The van der Waals surface area contributed by atoms with Crippen molar-refractivity contribution in [2.45, 2.75) is 26.7 Å². The minimum absolute atomic E-state index is 0.291. The van der Waals surface area contributed by atoms with Crippen LogP contribution >= 0.6 is 0 Å². The molecule has 3 nitrogen and oxygen atoms in total. The topological polar surface area (TPSA) is 35.5 Å². The van der Waals surface area contributed by atoms with E-state index in [9.17, 15) is 4.79 Å². The summed E-state index contributed by atoms with van der Waals surface area (Å²) >= 11 is 0. The van der Waals surface area contributed by atoms with Gasteiger partial charge in [-0.05, 0) is 61.3 Å². The maximum absolute atomic E-state index is 11.9. The number of esters is 1. The Kier molecular flexibility index (Phi) is 6.45. The Morgan fingerprint density at radius 1 is 1.30 bits per heavy atom. The minimum atomic E-state index is -0.291. The van der Waals surface area contributed by atoms with Crippen LogP contribution in [0.5, 0.6) is 5.75 Å². The van der Waals surface area contributed by atoms with E-state index in [4.69, 9.17) is 9.47 Å². The van der Waals surface area contributed by atoms with Crippen molar-refractivity contribution < 1.29 is 14.3 Å². The lowest BCUT2D eigenvalue weighted by atomic mass is 9.97. The summed E-state index contributed by atoms with van der Waals surface area (Å²) in [6.07, 6.45) is 7.50. The van der Waals surface area contributed by atoms with Crippen molar-refractivity contribution in [2.24, 2.45) is 17.8 Å². The first kappa shape index (κ1) is 17.3. The van der Waals surface area contributed by atoms with Crippen LogP contribution in [0.2, 0.25) is 0 Å². The number of hydrogen-bond acceptors (Lipinski definition) is 3. The van der Waals surface area contributed by atoms with Crippen molar-refractivity contribution in [2.75, 3.05) is 13.2 Å². The summed E-state index contributed by atoms with van der Waals surface area (Å²) in [5.41, 5.74) is 0.948. The number of benzene rings is 1. The van der Waals surface area contributed by atoms with Gasteiger partial charge in [-0.3, -0.25) is 0 Å². The molecule has 0 N–H and O–H groups in total. The summed E-state index contributed by atoms with van der Waals surface area (Å²) in [5.74, 6) is 2.10. The van der Waals surface area contributed by atoms with E-state index >= 15 is 0 Å². The third-order valence-corrected chi connectivity index (χ3v) is 4.33. The second-order valence-electron chi connectivity index (χ2n) is 6.20. The highest BCUT2D eigenvalue weighted by Crippen LogP contribution is 2.36. The first-order chi connectivity index (χ1) is 11.1. The summed E-state index contributed by atoms with van der Waals surface area (Å²) in [4.78, 5) is 11.9. The Morgan fingerprint density at radius 2 is 2.04 bits per heavy atom. The zero-order valence-corrected chi connectivity index (χ0v) is 14.0. The number of allylic oxidation sites excluding steroid dienone is 1. The van der Waals surface area contributed by atoms with Crippen molar-refractivity contribution in [3.8, 4) is 5.75 Å². The van der Waals surface area contributed by atoms with Gasteiger partial charge in [0.25, 0.3) is 0 Å². The Balaban J connectivity index is 1.81. The summed E-state index contributed by atoms with van der Waals surface area (Å²) in [7, 11) is 0. The molecule has 0 aromatic heterocycles. The molecule has 1 aliphatic rings. The first-order valence-corrected chi connectivity index (χ1v) is 8.32. The molecule has 0 radical (unpaired) electrons. The lowest BCUT2D eigenvalue weighted by Gasteiger charge is -2.15. The minimum Gasteiger partial charge on any atom is -0.494 e. The van der Waals surface area contributed by atoms with E-state index < -0.39 is 0 Å². The molecule has 3 atom stereocenters. The average Bonchev–Trinajstić information content (AvgIpc) is 2.92. The van der Waals surface area contributed by atoms with E-state index in [0.717, 1.165) is 24.2 Å². The smallest absolute Gasteiger partial charge is 0.330 e. The van der Waals surface area contributed by atoms with Crippen LogP contribution in [0.15, 0.2) is 43.0 Å². The van der Waals surface area contributed by atoms with Crippen molar-refractivity contribution in [1.29, 1.82) is 0 Å². The molecule has 23 heavy (non-hydrogen) atoms. The molecule has 124 valence electrons. The Hall–Kier alpha value is -2.03. The van der Waals surface area contributed by atoms with Crippen molar-refractivity contribution in [3.63, 3.8) is 0 Å². The summed E-state index contributed by atoms with van der Waals surface area (Å²) in [6.45, 7) is 9.20. The molecular formula is C20H26O3. The van der Waals surface area contributed by atoms with E-state index in [0.29, 0.717) is 31.0 Å². The maximum atomic E-state index is 11.9. The second kappa shape index (κ2) is 8.56. The molecule has 0 aliphatic heterocycles. The standard InChI is InChI=1S/C20H26O3/c1-4-17-12-15(3)13-18(17)14-23-20(21)11-8-16-6-9-19(10-7-16)22-5-2/h4,6-11,15,17-18H,1,5,12-14H2,2-3H3/b11-8+. The van der Waals surface area contributed by atoms with E-state index in [1.54, 1.807) is 6.08 Å². The highest BCUT2D eigenvalue weighted by Gasteiger charge is 2.30. The molecule has 1 saturated carbocycles. The fourth-order valence-electron chi connectivity index (χ4n) is 3.17. The molecule has 1 aromatic carbocycles. The third-order valence-electron chi connectivity index (χ3n) is 4.33. The van der Waals surface area contributed by atoms with Crippen LogP contribution in [0.1, 0.15) is 32.3 Å². The SMILES string of the molecule is C=CC1CC(C)CC1COC(=O)/C=C/c1ccc(OCC)cc1. The summed E-state index contributed by atoms with van der Waals surface area (Å²) < 4.78 is 10.8. The summed E-state index contributed by atoms with van der Waals surface area (Å²) in [5, 5.41) is 0. The first-order valence-electron chi connectivity index (χ1n) is 8.32. The molecule has 3 heteroatoms. The van der Waals surface area contributed by atoms with E-state index in [1.165, 1.54) is 6.08 Å². The van der Waals surface area contributed by atoms with Crippen molar-refractivity contribution in [3.05, 3.63) is 48.6 Å². The van der Waals surface area contributed by atoms with Gasteiger partial charge in [-0.2, -0.15) is 0 Å². The molecule has 1 aliphatic carbocycles. The second-order valence-corrected chi connectivity index (χ2v) is 6.20. The van der Waals surface area contributed by atoms with Gasteiger partial charge in [-0.1, -0.05) is 25.1 Å². The molecular weight excluding hydrogens is 288 g/mol.